The van der Waals surface area contributed by atoms with Gasteiger partial charge in [-0.3, -0.25) is 13.9 Å². The molecule has 0 fully saturated rings. The molecule has 2 aromatic heterocycles. The molecule has 0 atom stereocenters. The van der Waals surface area contributed by atoms with Gasteiger partial charge in [0.05, 0.1) is 0 Å². The van der Waals surface area contributed by atoms with Crippen molar-refractivity contribution in [3.63, 3.8) is 0 Å². The molecule has 1 aromatic carbocycles. The number of nitrogens with zero attached hydrogens (tertiary/aromatic N) is 4. The molecule has 0 saturated heterocycles. The molecule has 0 spiro atoms. The topological polar surface area (TPSA) is 61.8 Å². The van der Waals surface area contributed by atoms with Gasteiger partial charge in [0.15, 0.2) is 11.2 Å². The quantitative estimate of drug-likeness (QED) is 0.730. The van der Waals surface area contributed by atoms with Gasteiger partial charge in [-0.05, 0) is 37.6 Å². The molecule has 0 unspecified atom stereocenters. The molecule has 2 heterocycles. The minimum absolute atomic E-state index is 0.299. The molecule has 3 aromatic rings. The normalized spacial score (nSPS) is 11.7. The minimum Gasteiger partial charge on any atom is -0.322 e. The average molecular weight is 342 g/mol. The Morgan fingerprint density at radius 1 is 1.04 bits per heavy atom. The van der Waals surface area contributed by atoms with E-state index in [4.69, 9.17) is 0 Å². The highest BCUT2D eigenvalue weighted by Crippen LogP contribution is 2.13. The van der Waals surface area contributed by atoms with Gasteiger partial charge in [0.2, 0.25) is 0 Å². The molecule has 0 aliphatic carbocycles. The van der Waals surface area contributed by atoms with E-state index in [0.29, 0.717) is 30.1 Å². The third-order valence-corrected chi connectivity index (χ3v) is 4.20. The van der Waals surface area contributed by atoms with Crippen molar-refractivity contribution in [1.82, 2.24) is 18.7 Å². The lowest BCUT2D eigenvalue weighted by Crippen LogP contribution is -2.39. The molecule has 0 bridgehead atoms. The van der Waals surface area contributed by atoms with Crippen LogP contribution in [-0.2, 0) is 20.1 Å². The second-order valence-electron chi connectivity index (χ2n) is 5.66. The summed E-state index contributed by atoms with van der Waals surface area (Å²) in [4.78, 5) is 29.5. The molecule has 0 amide bonds. The molecule has 7 heteroatoms. The van der Waals surface area contributed by atoms with Crippen molar-refractivity contribution in [2.75, 3.05) is 0 Å². The minimum atomic E-state index is -0.352. The Morgan fingerprint density at radius 2 is 1.68 bits per heavy atom. The van der Waals surface area contributed by atoms with Crippen molar-refractivity contribution in [3.05, 3.63) is 62.3 Å². The number of aromatic nitrogens is 4. The number of rotatable bonds is 4. The third-order valence-electron chi connectivity index (χ3n) is 4.20. The van der Waals surface area contributed by atoms with Gasteiger partial charge in [0.25, 0.3) is 5.56 Å². The van der Waals surface area contributed by atoms with Crippen LogP contribution in [0.3, 0.4) is 0 Å². The Labute approximate surface area is 143 Å². The smallest absolute Gasteiger partial charge is 0.322 e. The van der Waals surface area contributed by atoms with Crippen molar-refractivity contribution in [3.8, 4) is 0 Å². The fourth-order valence-electron chi connectivity index (χ4n) is 2.84. The molecule has 0 N–H and O–H groups in total. The summed E-state index contributed by atoms with van der Waals surface area (Å²) in [7, 11) is 1.74. The Morgan fingerprint density at radius 3 is 2.28 bits per heavy atom. The Kier molecular flexibility index (Phi) is 4.39. The predicted molar refractivity (Wildman–Crippen MR) is 95.9 cm³/mol. The largest absolute Gasteiger partial charge is 0.332 e. The number of benzene rings is 1. The van der Waals surface area contributed by atoms with Gasteiger partial charge >= 0.3 is 5.69 Å². The Bertz CT molecular complexity index is 1070. The first-order valence-corrected chi connectivity index (χ1v) is 8.11. The lowest BCUT2D eigenvalue weighted by Gasteiger charge is -2.08. The van der Waals surface area contributed by atoms with Crippen LogP contribution >= 0.6 is 0 Å². The summed E-state index contributed by atoms with van der Waals surface area (Å²) in [6, 6.07) is 6.06. The second kappa shape index (κ2) is 6.51. The van der Waals surface area contributed by atoms with E-state index in [1.807, 2.05) is 6.92 Å². The van der Waals surface area contributed by atoms with Gasteiger partial charge < -0.3 is 4.57 Å². The molecule has 0 saturated carbocycles. The molecule has 0 aliphatic heterocycles. The first-order valence-electron chi connectivity index (χ1n) is 8.11. The summed E-state index contributed by atoms with van der Waals surface area (Å²) < 4.78 is 17.4. The number of halogens is 1. The van der Waals surface area contributed by atoms with Gasteiger partial charge in [0.1, 0.15) is 11.6 Å². The zero-order valence-electron chi connectivity index (χ0n) is 14.4. The van der Waals surface area contributed by atoms with E-state index in [1.165, 1.54) is 21.3 Å². The van der Waals surface area contributed by atoms with E-state index in [2.05, 4.69) is 4.98 Å². The molecular weight excluding hydrogens is 323 g/mol. The van der Waals surface area contributed by atoms with Gasteiger partial charge in [0, 0.05) is 20.1 Å². The second-order valence-corrected chi connectivity index (χ2v) is 5.66. The maximum atomic E-state index is 13.0. The lowest BCUT2D eigenvalue weighted by molar-refractivity contribution is 0.604. The molecule has 130 valence electrons. The summed E-state index contributed by atoms with van der Waals surface area (Å²) in [5.74, 6) is 0.249. The zero-order valence-corrected chi connectivity index (χ0v) is 14.4. The molecule has 25 heavy (non-hydrogen) atoms. The van der Waals surface area contributed by atoms with Crippen LogP contribution in [0.15, 0.2) is 33.9 Å². The number of hydrogen-bond donors (Lipinski definition) is 0. The molecule has 0 aliphatic rings. The maximum Gasteiger partial charge on any atom is 0.332 e. The van der Waals surface area contributed by atoms with Gasteiger partial charge in [-0.2, -0.15) is 0 Å². The van der Waals surface area contributed by atoms with Crippen molar-refractivity contribution in [1.29, 1.82) is 0 Å². The van der Waals surface area contributed by atoms with E-state index in [-0.39, 0.29) is 17.1 Å². The van der Waals surface area contributed by atoms with E-state index in [0.717, 1.165) is 5.56 Å². The van der Waals surface area contributed by atoms with Crippen LogP contribution in [0.5, 0.6) is 0 Å². The lowest BCUT2D eigenvalue weighted by atomic mass is 10.2. The van der Waals surface area contributed by atoms with Crippen molar-refractivity contribution < 1.29 is 4.39 Å². The fraction of sp³-hybridized carbons (Fsp3) is 0.278. The summed E-state index contributed by atoms with van der Waals surface area (Å²) >= 11 is 0. The van der Waals surface area contributed by atoms with Crippen LogP contribution in [0.4, 0.5) is 4.39 Å². The summed E-state index contributed by atoms with van der Waals surface area (Å²) in [6.45, 7) is 4.33. The third kappa shape index (κ3) is 2.82. The van der Waals surface area contributed by atoms with Crippen molar-refractivity contribution in [2.24, 2.45) is 7.05 Å². The molecule has 3 rings (SSSR count). The maximum absolute atomic E-state index is 13.0. The van der Waals surface area contributed by atoms with Crippen LogP contribution in [0, 0.1) is 5.82 Å². The first kappa shape index (κ1) is 16.9. The Balaban J connectivity index is 2.20. The predicted octanol–water partition coefficient (Wildman–Crippen LogP) is 2.25. The van der Waals surface area contributed by atoms with Crippen LogP contribution in [-0.4, -0.2) is 18.7 Å². The van der Waals surface area contributed by atoms with E-state index < -0.39 is 0 Å². The highest BCUT2D eigenvalue weighted by atomic mass is 19.1. The number of fused-ring (bicyclic) bond motifs is 1. The van der Waals surface area contributed by atoms with Crippen LogP contribution in [0.25, 0.3) is 23.3 Å². The molecule has 6 nitrogen and oxygen atoms in total. The van der Waals surface area contributed by atoms with Crippen molar-refractivity contribution in [2.45, 2.75) is 26.9 Å². The fourth-order valence-corrected chi connectivity index (χ4v) is 2.84. The number of aryl methyl sites for hydroxylation is 2. The van der Waals surface area contributed by atoms with E-state index in [9.17, 15) is 14.0 Å². The SMILES string of the molecule is CCn1c(=O)c2c(nc(C=Cc3ccc(F)cc3)n2C)n(CC)c1=O. The summed E-state index contributed by atoms with van der Waals surface area (Å²) in [5, 5.41) is 0. The summed E-state index contributed by atoms with van der Waals surface area (Å²) in [5.41, 5.74) is 0.885. The monoisotopic (exact) mass is 342 g/mol. The highest BCUT2D eigenvalue weighted by Gasteiger charge is 2.17. The van der Waals surface area contributed by atoms with Gasteiger partial charge in [-0.1, -0.05) is 18.2 Å². The van der Waals surface area contributed by atoms with E-state index >= 15 is 0 Å². The van der Waals surface area contributed by atoms with Gasteiger partial charge in [-0.25, -0.2) is 14.2 Å². The Hall–Kier alpha value is -2.96. The van der Waals surface area contributed by atoms with Crippen LogP contribution < -0.4 is 11.2 Å². The number of hydrogen-bond acceptors (Lipinski definition) is 3. The van der Waals surface area contributed by atoms with E-state index in [1.54, 1.807) is 42.8 Å². The van der Waals surface area contributed by atoms with Gasteiger partial charge in [-0.15, -0.1) is 0 Å². The molecule has 0 radical (unpaired) electrons. The first-order chi connectivity index (χ1) is 12.0. The van der Waals surface area contributed by atoms with Crippen LogP contribution in [0.1, 0.15) is 25.2 Å². The molecular formula is C18H19FN4O2. The standard InChI is InChI=1S/C18H19FN4O2/c1-4-22-16-15(17(24)23(5-2)18(22)25)21(3)14(20-16)11-8-12-6-9-13(19)10-7-12/h6-11H,4-5H2,1-3H3. The zero-order chi connectivity index (χ0) is 18.1. The average Bonchev–Trinajstić information content (AvgIpc) is 2.92. The highest BCUT2D eigenvalue weighted by molar-refractivity contribution is 5.76. The summed E-state index contributed by atoms with van der Waals surface area (Å²) in [6.07, 6.45) is 3.53. The van der Waals surface area contributed by atoms with Crippen LogP contribution in [0.2, 0.25) is 0 Å². The van der Waals surface area contributed by atoms with Crippen molar-refractivity contribution >= 4 is 23.3 Å². The number of imidazole rings is 1.